The number of aliphatic hydroxyl groups is 5. The van der Waals surface area contributed by atoms with Crippen LogP contribution < -0.4 is 0 Å². The lowest BCUT2D eigenvalue weighted by atomic mass is 9.38. The summed E-state index contributed by atoms with van der Waals surface area (Å²) >= 11 is 0. The van der Waals surface area contributed by atoms with E-state index in [-0.39, 0.29) is 36.9 Å². The Kier molecular flexibility index (Phi) is 6.59. The largest absolute Gasteiger partial charge is 0.393 e. The van der Waals surface area contributed by atoms with Gasteiger partial charge in [0.15, 0.2) is 5.78 Å². The van der Waals surface area contributed by atoms with Gasteiger partial charge in [-0.25, -0.2) is 0 Å². The van der Waals surface area contributed by atoms with Crippen LogP contribution >= 0.6 is 0 Å². The first-order chi connectivity index (χ1) is 16.7. The summed E-state index contributed by atoms with van der Waals surface area (Å²) in [5, 5.41) is 54.8. The van der Waals surface area contributed by atoms with Gasteiger partial charge in [0.2, 0.25) is 0 Å². The van der Waals surface area contributed by atoms with Crippen LogP contribution in [0.4, 0.5) is 0 Å². The first-order valence-electron chi connectivity index (χ1n) is 13.9. The molecule has 3 saturated carbocycles. The lowest BCUT2D eigenvalue weighted by molar-refractivity contribution is -0.188. The van der Waals surface area contributed by atoms with Crippen LogP contribution in [0.2, 0.25) is 0 Å². The first kappa shape index (κ1) is 28.9. The average Bonchev–Trinajstić information content (AvgIpc) is 2.96. The number of rotatable bonds is 5. The second-order valence-corrected chi connectivity index (χ2v) is 14.8. The molecule has 0 aliphatic heterocycles. The van der Waals surface area contributed by atoms with Crippen molar-refractivity contribution in [2.24, 2.45) is 39.4 Å². The van der Waals surface area contributed by atoms with Gasteiger partial charge in [-0.05, 0) is 69.1 Å². The predicted molar refractivity (Wildman–Crippen MR) is 139 cm³/mol. The van der Waals surface area contributed by atoms with Crippen LogP contribution in [0.15, 0.2) is 11.6 Å². The second-order valence-electron chi connectivity index (χ2n) is 14.8. The molecule has 3 unspecified atom stereocenters. The zero-order valence-electron chi connectivity index (χ0n) is 23.8. The van der Waals surface area contributed by atoms with Crippen molar-refractivity contribution in [3.8, 4) is 0 Å². The van der Waals surface area contributed by atoms with Gasteiger partial charge in [0.05, 0.1) is 23.9 Å². The summed E-state index contributed by atoms with van der Waals surface area (Å²) in [4.78, 5) is 27.5. The summed E-state index contributed by atoms with van der Waals surface area (Å²) in [5.74, 6) is -1.60. The number of fused-ring (bicyclic) bond motifs is 5. The maximum Gasteiger partial charge on any atom is 0.164 e. The molecular formula is C30H48O7. The third-order valence-electron chi connectivity index (χ3n) is 11.8. The Morgan fingerprint density at radius 1 is 1.00 bits per heavy atom. The maximum absolute atomic E-state index is 14.2. The molecular weight excluding hydrogens is 472 g/mol. The lowest BCUT2D eigenvalue weighted by Crippen LogP contribution is -2.65. The molecule has 3 fully saturated rings. The van der Waals surface area contributed by atoms with Crippen LogP contribution in [-0.2, 0) is 9.59 Å². The molecule has 0 saturated heterocycles. The highest BCUT2D eigenvalue weighted by atomic mass is 16.3. The predicted octanol–water partition coefficient (Wildman–Crippen LogP) is 2.94. The van der Waals surface area contributed by atoms with E-state index >= 15 is 0 Å². The van der Waals surface area contributed by atoms with Crippen molar-refractivity contribution in [2.75, 3.05) is 0 Å². The highest BCUT2D eigenvalue weighted by molar-refractivity contribution is 5.90. The molecule has 7 nitrogen and oxygen atoms in total. The molecule has 10 atom stereocenters. The smallest absolute Gasteiger partial charge is 0.164 e. The van der Waals surface area contributed by atoms with Gasteiger partial charge < -0.3 is 25.5 Å². The van der Waals surface area contributed by atoms with Crippen molar-refractivity contribution < 1.29 is 35.1 Å². The van der Waals surface area contributed by atoms with Gasteiger partial charge in [-0.3, -0.25) is 9.59 Å². The molecule has 0 bridgehead atoms. The minimum absolute atomic E-state index is 0.0227. The number of hydrogen-bond donors (Lipinski definition) is 5. The third kappa shape index (κ3) is 3.86. The molecule has 4 aliphatic carbocycles. The van der Waals surface area contributed by atoms with E-state index in [0.717, 1.165) is 5.57 Å². The number of Topliss-reactive ketones (excluding diaryl/α,β-unsaturated/α-hetero) is 2. The van der Waals surface area contributed by atoms with Gasteiger partial charge in [0.25, 0.3) is 0 Å². The Bertz CT molecular complexity index is 1010. The van der Waals surface area contributed by atoms with Gasteiger partial charge in [-0.15, -0.1) is 0 Å². The van der Waals surface area contributed by atoms with Crippen LogP contribution in [0.1, 0.15) is 93.9 Å². The molecule has 0 aromatic carbocycles. The summed E-state index contributed by atoms with van der Waals surface area (Å²) in [6, 6.07) is 0. The van der Waals surface area contributed by atoms with Gasteiger partial charge in [-0.1, -0.05) is 46.3 Å². The van der Waals surface area contributed by atoms with Crippen LogP contribution in [-0.4, -0.2) is 66.6 Å². The standard InChI is InChI=1S/C30H48O7/c1-25(2,36)12-11-21(33)30(8,37)23-19(32)14-27(5)20-10-9-16-17(13-18(31)24(35)26(16,3)4)29(20,7)22(34)15-28(23,27)6/h9,17-20,23-24,31-32,35-37H,10-15H2,1-8H3/t17?,18-,19+,20?,23?,24+,27-,28+,29-,30-/m0/s1. The first-order valence-corrected chi connectivity index (χ1v) is 13.9. The van der Waals surface area contributed by atoms with Gasteiger partial charge in [0.1, 0.15) is 11.4 Å². The molecule has 0 aromatic rings. The number of carbonyl (C=O) groups is 2. The molecule has 0 heterocycles. The van der Waals surface area contributed by atoms with Gasteiger partial charge in [0, 0.05) is 29.6 Å². The molecule has 210 valence electrons. The Morgan fingerprint density at radius 3 is 2.16 bits per heavy atom. The van der Waals surface area contributed by atoms with E-state index in [4.69, 9.17) is 0 Å². The van der Waals surface area contributed by atoms with Crippen molar-refractivity contribution in [3.63, 3.8) is 0 Å². The molecule has 4 aliphatic rings. The highest BCUT2D eigenvalue weighted by Gasteiger charge is 2.74. The quantitative estimate of drug-likeness (QED) is 0.352. The fourth-order valence-corrected chi connectivity index (χ4v) is 9.40. The van der Waals surface area contributed by atoms with Crippen molar-refractivity contribution >= 4 is 11.6 Å². The molecule has 7 heteroatoms. The Morgan fingerprint density at radius 2 is 1.59 bits per heavy atom. The molecule has 0 spiro atoms. The van der Waals surface area contributed by atoms with E-state index < -0.39 is 62.9 Å². The van der Waals surface area contributed by atoms with Crippen LogP contribution in [0.5, 0.6) is 0 Å². The fraction of sp³-hybridized carbons (Fsp3) is 0.867. The molecule has 4 rings (SSSR count). The summed E-state index contributed by atoms with van der Waals surface area (Å²) in [6.07, 6.45) is 0.895. The van der Waals surface area contributed by atoms with Crippen molar-refractivity contribution in [1.29, 1.82) is 0 Å². The number of carbonyl (C=O) groups excluding carboxylic acids is 2. The summed E-state index contributed by atoms with van der Waals surface area (Å²) in [6.45, 7) is 14.6. The molecule has 0 radical (unpaired) electrons. The van der Waals surface area contributed by atoms with Gasteiger partial charge in [-0.2, -0.15) is 0 Å². The molecule has 37 heavy (non-hydrogen) atoms. The maximum atomic E-state index is 14.2. The van der Waals surface area contributed by atoms with Crippen molar-refractivity contribution in [1.82, 2.24) is 0 Å². The van der Waals surface area contributed by atoms with Crippen LogP contribution in [0.25, 0.3) is 0 Å². The molecule has 0 amide bonds. The number of allylic oxidation sites excluding steroid dienone is 1. The van der Waals surface area contributed by atoms with Crippen molar-refractivity contribution in [2.45, 2.75) is 123 Å². The Hall–Kier alpha value is -1.12. The van der Waals surface area contributed by atoms with Crippen LogP contribution in [0.3, 0.4) is 0 Å². The minimum atomic E-state index is -1.85. The Balaban J connectivity index is 1.76. The SMILES string of the molecule is CC(C)(O)CCC(=O)[C@](C)(O)C1[C@H](O)C[C@@]2(C)C3CC=C4C(C[C@H](O)[C@@H](O)C4(C)C)[C@]3(C)C(=O)C[C@]12C. The van der Waals surface area contributed by atoms with E-state index in [9.17, 15) is 35.1 Å². The topological polar surface area (TPSA) is 135 Å². The average molecular weight is 521 g/mol. The lowest BCUT2D eigenvalue weighted by Gasteiger charge is -2.65. The summed E-state index contributed by atoms with van der Waals surface area (Å²) in [5.41, 5.74) is -4.71. The normalized spacial score (nSPS) is 46.8. The zero-order valence-corrected chi connectivity index (χ0v) is 23.8. The highest BCUT2D eigenvalue weighted by Crippen LogP contribution is 2.74. The molecule has 5 N–H and O–H groups in total. The van der Waals surface area contributed by atoms with Gasteiger partial charge >= 0.3 is 0 Å². The second kappa shape index (κ2) is 8.44. The minimum Gasteiger partial charge on any atom is -0.393 e. The third-order valence-corrected chi connectivity index (χ3v) is 11.8. The molecule has 0 aromatic heterocycles. The van der Waals surface area contributed by atoms with Crippen molar-refractivity contribution in [3.05, 3.63) is 11.6 Å². The number of ketones is 2. The van der Waals surface area contributed by atoms with E-state index in [2.05, 4.69) is 13.0 Å². The van der Waals surface area contributed by atoms with E-state index in [1.54, 1.807) is 13.8 Å². The monoisotopic (exact) mass is 520 g/mol. The number of aliphatic hydroxyl groups excluding tert-OH is 3. The van der Waals surface area contributed by atoms with E-state index in [1.165, 1.54) is 6.92 Å². The zero-order chi connectivity index (χ0) is 28.1. The summed E-state index contributed by atoms with van der Waals surface area (Å²) in [7, 11) is 0. The van der Waals surface area contributed by atoms with E-state index in [0.29, 0.717) is 19.3 Å². The summed E-state index contributed by atoms with van der Waals surface area (Å²) < 4.78 is 0. The number of hydrogen-bond acceptors (Lipinski definition) is 7. The van der Waals surface area contributed by atoms with Crippen LogP contribution in [0, 0.1) is 39.4 Å². The fourth-order valence-electron chi connectivity index (χ4n) is 9.40. The van der Waals surface area contributed by atoms with E-state index in [1.807, 2.05) is 27.7 Å². The Labute approximate surface area is 221 Å².